The first-order valence-electron chi connectivity index (χ1n) is 7.14. The number of rotatable bonds is 3. The fraction of sp³-hybridized carbons (Fsp3) is 0.600. The zero-order valence-corrected chi connectivity index (χ0v) is 12.2. The van der Waals surface area contributed by atoms with Crippen LogP contribution in [0.1, 0.15) is 18.1 Å². The van der Waals surface area contributed by atoms with Crippen molar-refractivity contribution in [1.82, 2.24) is 4.90 Å². The maximum Gasteiger partial charge on any atom is 0.416 e. The minimum absolute atomic E-state index is 0.179. The monoisotopic (exact) mass is 319 g/mol. The third-order valence-electron chi connectivity index (χ3n) is 4.18. The quantitative estimate of drug-likeness (QED) is 0.779. The fourth-order valence-electron chi connectivity index (χ4n) is 2.71. The topological polar surface area (TPSA) is 63.9 Å². The molecule has 1 heterocycles. The normalized spacial score (nSPS) is 30.5. The molecule has 0 bridgehead atoms. The number of piperidine rings is 1. The van der Waals surface area contributed by atoms with E-state index in [2.05, 4.69) is 0 Å². The van der Waals surface area contributed by atoms with E-state index < -0.39 is 30.1 Å². The molecule has 4 nitrogen and oxygen atoms in total. The third kappa shape index (κ3) is 3.78. The molecule has 4 atom stereocenters. The van der Waals surface area contributed by atoms with Gasteiger partial charge in [-0.2, -0.15) is 13.2 Å². The standard InChI is InChI=1S/C15H20F3NO3/c1-9-13(21)14(22)12(20)8-19(9)6-5-10-3-2-4-11(7-10)15(16,17)18/h2-4,7,9,12-14,20-22H,5-6,8H2,1H3/t9-,12+,13-,14-/m1/s1. The molecule has 0 unspecified atom stereocenters. The average molecular weight is 319 g/mol. The number of nitrogens with zero attached hydrogens (tertiary/aromatic N) is 1. The molecule has 3 N–H and O–H groups in total. The number of alkyl halides is 3. The smallest absolute Gasteiger partial charge is 0.389 e. The molecular formula is C15H20F3NO3. The van der Waals surface area contributed by atoms with E-state index in [4.69, 9.17) is 0 Å². The number of benzene rings is 1. The molecule has 1 aliphatic heterocycles. The molecule has 1 fully saturated rings. The minimum atomic E-state index is -4.37. The van der Waals surface area contributed by atoms with Crippen LogP contribution in [-0.2, 0) is 12.6 Å². The number of hydrogen-bond acceptors (Lipinski definition) is 4. The van der Waals surface area contributed by atoms with Gasteiger partial charge in [-0.3, -0.25) is 4.90 Å². The summed E-state index contributed by atoms with van der Waals surface area (Å²) in [6.45, 7) is 2.29. The lowest BCUT2D eigenvalue weighted by Gasteiger charge is -2.42. The molecule has 0 amide bonds. The molecule has 2 rings (SSSR count). The molecule has 124 valence electrons. The molecule has 22 heavy (non-hydrogen) atoms. The van der Waals surface area contributed by atoms with Gasteiger partial charge >= 0.3 is 6.18 Å². The highest BCUT2D eigenvalue weighted by atomic mass is 19.4. The van der Waals surface area contributed by atoms with Gasteiger partial charge in [0.25, 0.3) is 0 Å². The third-order valence-corrected chi connectivity index (χ3v) is 4.18. The van der Waals surface area contributed by atoms with E-state index in [0.717, 1.165) is 12.1 Å². The molecular weight excluding hydrogens is 299 g/mol. The summed E-state index contributed by atoms with van der Waals surface area (Å²) in [5.41, 5.74) is -0.149. The Balaban J connectivity index is 2.01. The van der Waals surface area contributed by atoms with E-state index in [-0.39, 0.29) is 12.6 Å². The Hall–Kier alpha value is -1.15. The van der Waals surface area contributed by atoms with Gasteiger partial charge < -0.3 is 15.3 Å². The summed E-state index contributed by atoms with van der Waals surface area (Å²) in [7, 11) is 0. The van der Waals surface area contributed by atoms with Gasteiger partial charge in [0.1, 0.15) is 6.10 Å². The molecule has 0 aliphatic carbocycles. The lowest BCUT2D eigenvalue weighted by atomic mass is 9.94. The highest BCUT2D eigenvalue weighted by Crippen LogP contribution is 2.29. The predicted molar refractivity (Wildman–Crippen MR) is 74.2 cm³/mol. The van der Waals surface area contributed by atoms with Crippen LogP contribution in [0.3, 0.4) is 0 Å². The maximum atomic E-state index is 12.7. The second-order valence-corrected chi connectivity index (χ2v) is 5.73. The number of β-amino-alcohol motifs (C(OH)–C–C–N with tert-alkyl or cyclic N) is 1. The molecule has 7 heteroatoms. The van der Waals surface area contributed by atoms with Crippen molar-refractivity contribution in [2.75, 3.05) is 13.1 Å². The van der Waals surface area contributed by atoms with Gasteiger partial charge in [0.05, 0.1) is 17.8 Å². The summed E-state index contributed by atoms with van der Waals surface area (Å²) in [6.07, 6.45) is -7.34. The van der Waals surface area contributed by atoms with Crippen molar-refractivity contribution in [3.05, 3.63) is 35.4 Å². The Morgan fingerprint density at radius 2 is 1.86 bits per heavy atom. The lowest BCUT2D eigenvalue weighted by molar-refractivity contribution is -0.137. The summed E-state index contributed by atoms with van der Waals surface area (Å²) in [5, 5.41) is 29.1. The Bertz CT molecular complexity index is 509. The Labute approximate surface area is 126 Å². The van der Waals surface area contributed by atoms with Crippen molar-refractivity contribution in [3.63, 3.8) is 0 Å². The Morgan fingerprint density at radius 3 is 2.50 bits per heavy atom. The van der Waals surface area contributed by atoms with E-state index in [9.17, 15) is 28.5 Å². The summed E-state index contributed by atoms with van der Waals surface area (Å²) in [6, 6.07) is 4.74. The van der Waals surface area contributed by atoms with E-state index in [1.54, 1.807) is 17.9 Å². The second-order valence-electron chi connectivity index (χ2n) is 5.73. The SMILES string of the molecule is C[C@@H]1[C@@H](O)[C@H](O)[C@@H](O)CN1CCc1cccc(C(F)(F)F)c1. The van der Waals surface area contributed by atoms with Crippen molar-refractivity contribution >= 4 is 0 Å². The number of likely N-dealkylation sites (tertiary alicyclic amines) is 1. The number of aliphatic hydroxyl groups is 3. The summed E-state index contributed by atoms with van der Waals surface area (Å²) in [5.74, 6) is 0. The van der Waals surface area contributed by atoms with Crippen molar-refractivity contribution in [1.29, 1.82) is 0 Å². The molecule has 1 aliphatic rings. The lowest BCUT2D eigenvalue weighted by Crippen LogP contribution is -2.60. The summed E-state index contributed by atoms with van der Waals surface area (Å²) >= 11 is 0. The fourth-order valence-corrected chi connectivity index (χ4v) is 2.71. The van der Waals surface area contributed by atoms with Crippen molar-refractivity contribution in [3.8, 4) is 0 Å². The number of aliphatic hydroxyl groups excluding tert-OH is 3. The molecule has 0 saturated carbocycles. The van der Waals surface area contributed by atoms with Gasteiger partial charge in [-0.1, -0.05) is 18.2 Å². The first-order chi connectivity index (χ1) is 10.2. The van der Waals surface area contributed by atoms with Crippen LogP contribution < -0.4 is 0 Å². The molecule has 1 saturated heterocycles. The van der Waals surface area contributed by atoms with Gasteiger partial charge in [-0.05, 0) is 25.0 Å². The highest BCUT2D eigenvalue weighted by molar-refractivity contribution is 5.25. The largest absolute Gasteiger partial charge is 0.416 e. The minimum Gasteiger partial charge on any atom is -0.389 e. The zero-order valence-electron chi connectivity index (χ0n) is 12.2. The maximum absolute atomic E-state index is 12.7. The van der Waals surface area contributed by atoms with Gasteiger partial charge in [0, 0.05) is 19.1 Å². The van der Waals surface area contributed by atoms with Crippen LogP contribution in [0.4, 0.5) is 13.2 Å². The number of hydrogen-bond donors (Lipinski definition) is 3. The second kappa shape index (κ2) is 6.54. The van der Waals surface area contributed by atoms with Crippen LogP contribution in [0.15, 0.2) is 24.3 Å². The molecule has 1 aromatic rings. The first kappa shape index (κ1) is 17.2. The molecule has 0 aromatic heterocycles. The Morgan fingerprint density at radius 1 is 1.18 bits per heavy atom. The van der Waals surface area contributed by atoms with Gasteiger partial charge in [-0.15, -0.1) is 0 Å². The van der Waals surface area contributed by atoms with Crippen LogP contribution >= 0.6 is 0 Å². The van der Waals surface area contributed by atoms with Crippen molar-refractivity contribution < 1.29 is 28.5 Å². The summed E-state index contributed by atoms with van der Waals surface area (Å²) < 4.78 is 38.0. The first-order valence-corrected chi connectivity index (χ1v) is 7.14. The van der Waals surface area contributed by atoms with E-state index in [1.165, 1.54) is 6.07 Å². The zero-order chi connectivity index (χ0) is 16.5. The van der Waals surface area contributed by atoms with Crippen LogP contribution in [0.2, 0.25) is 0 Å². The van der Waals surface area contributed by atoms with Crippen LogP contribution in [0.25, 0.3) is 0 Å². The molecule has 1 aromatic carbocycles. The predicted octanol–water partition coefficient (Wildman–Crippen LogP) is 1.03. The van der Waals surface area contributed by atoms with E-state index in [1.807, 2.05) is 0 Å². The van der Waals surface area contributed by atoms with Crippen LogP contribution in [0.5, 0.6) is 0 Å². The van der Waals surface area contributed by atoms with Crippen LogP contribution in [0, 0.1) is 0 Å². The Kier molecular flexibility index (Phi) is 5.11. The molecule has 0 radical (unpaired) electrons. The molecule has 0 spiro atoms. The van der Waals surface area contributed by atoms with E-state index in [0.29, 0.717) is 18.5 Å². The van der Waals surface area contributed by atoms with Gasteiger partial charge in [0.15, 0.2) is 0 Å². The number of halogens is 3. The van der Waals surface area contributed by atoms with Gasteiger partial charge in [-0.25, -0.2) is 0 Å². The van der Waals surface area contributed by atoms with Gasteiger partial charge in [0.2, 0.25) is 0 Å². The van der Waals surface area contributed by atoms with Crippen molar-refractivity contribution in [2.45, 2.75) is 43.9 Å². The van der Waals surface area contributed by atoms with E-state index >= 15 is 0 Å². The highest BCUT2D eigenvalue weighted by Gasteiger charge is 2.38. The van der Waals surface area contributed by atoms with Crippen LogP contribution in [-0.4, -0.2) is 57.7 Å². The van der Waals surface area contributed by atoms with Crippen molar-refractivity contribution in [2.24, 2.45) is 0 Å². The average Bonchev–Trinajstić information content (AvgIpc) is 2.47. The summed E-state index contributed by atoms with van der Waals surface area (Å²) in [4.78, 5) is 1.77.